The molecule has 0 radical (unpaired) electrons. The van der Waals surface area contributed by atoms with E-state index in [0.29, 0.717) is 22.3 Å². The highest BCUT2D eigenvalue weighted by atomic mass is 35.5. The summed E-state index contributed by atoms with van der Waals surface area (Å²) in [5, 5.41) is 14.7. The van der Waals surface area contributed by atoms with Crippen LogP contribution in [0.25, 0.3) is 0 Å². The van der Waals surface area contributed by atoms with Crippen molar-refractivity contribution in [1.29, 1.82) is 0 Å². The maximum Gasteiger partial charge on any atom is 0.261 e. The molecule has 5 rings (SSSR count). The molecule has 2 aromatic rings. The molecule has 1 saturated carbocycles. The third-order valence-corrected chi connectivity index (χ3v) is 7.77. The van der Waals surface area contributed by atoms with Crippen LogP contribution < -0.4 is 10.1 Å². The van der Waals surface area contributed by atoms with Crippen LogP contribution in [0.3, 0.4) is 0 Å². The summed E-state index contributed by atoms with van der Waals surface area (Å²) in [7, 11) is 0. The first-order valence-corrected chi connectivity index (χ1v) is 12.6. The summed E-state index contributed by atoms with van der Waals surface area (Å²) in [4.78, 5) is 27.7. The number of likely N-dealkylation sites (tertiary alicyclic amines) is 1. The van der Waals surface area contributed by atoms with Crippen molar-refractivity contribution in [3.63, 3.8) is 0 Å². The monoisotopic (exact) mass is 502 g/mol. The predicted molar refractivity (Wildman–Crippen MR) is 130 cm³/mol. The molecule has 0 unspecified atom stereocenters. The molecule has 2 aromatic carbocycles. The molecular weight excluding hydrogens is 475 g/mol. The molecule has 8 heteroatoms. The zero-order valence-electron chi connectivity index (χ0n) is 18.8. The van der Waals surface area contributed by atoms with Gasteiger partial charge in [0.2, 0.25) is 5.91 Å². The molecule has 0 aromatic heterocycles. The largest absolute Gasteiger partial charge is 0.480 e. The topological polar surface area (TPSA) is 78.9 Å². The molecule has 1 saturated heterocycles. The summed E-state index contributed by atoms with van der Waals surface area (Å²) < 4.78 is 5.83. The first-order valence-electron chi connectivity index (χ1n) is 11.9. The lowest BCUT2D eigenvalue weighted by Crippen LogP contribution is -2.52. The maximum atomic E-state index is 12.9. The Morgan fingerprint density at radius 3 is 2.35 bits per heavy atom. The summed E-state index contributed by atoms with van der Waals surface area (Å²) in [6.45, 7) is 1.51. The van der Waals surface area contributed by atoms with Gasteiger partial charge in [0.25, 0.3) is 5.91 Å². The van der Waals surface area contributed by atoms with Crippen LogP contribution in [0.1, 0.15) is 55.3 Å². The Balaban J connectivity index is 1.08. The molecule has 0 spiro atoms. The van der Waals surface area contributed by atoms with Crippen molar-refractivity contribution in [2.75, 3.05) is 13.1 Å². The minimum absolute atomic E-state index is 0.0158. The van der Waals surface area contributed by atoms with Crippen molar-refractivity contribution in [2.45, 2.75) is 56.3 Å². The summed E-state index contributed by atoms with van der Waals surface area (Å²) in [5.41, 5.74) is 1.83. The lowest BCUT2D eigenvalue weighted by molar-refractivity contribution is -0.141. The smallest absolute Gasteiger partial charge is 0.261 e. The number of rotatable bonds is 4. The van der Waals surface area contributed by atoms with Gasteiger partial charge in [0.1, 0.15) is 5.75 Å². The molecule has 2 N–H and O–H groups in total. The van der Waals surface area contributed by atoms with Crippen molar-refractivity contribution in [3.05, 3.63) is 63.6 Å². The van der Waals surface area contributed by atoms with Gasteiger partial charge in [-0.05, 0) is 61.6 Å². The highest BCUT2D eigenvalue weighted by molar-refractivity contribution is 6.30. The molecule has 3 aliphatic rings. The Bertz CT molecular complexity index is 1060. The summed E-state index contributed by atoms with van der Waals surface area (Å²) >= 11 is 12.0. The molecule has 2 aliphatic heterocycles. The molecule has 34 heavy (non-hydrogen) atoms. The van der Waals surface area contributed by atoms with Gasteiger partial charge < -0.3 is 20.1 Å². The number of nitrogens with zero attached hydrogens (tertiary/aromatic N) is 1. The van der Waals surface area contributed by atoms with E-state index in [1.165, 1.54) is 5.56 Å². The standard InChI is InChI=1S/C26H28Cl2N2O4/c27-18-5-1-15(2-6-18)17-13-30(14-17)26(33)16-3-8-20(9-4-16)29-25(32)24-12-22(31)21-11-19(28)7-10-23(21)34-24/h1-2,5-7,10-11,16-17,20,22,24,31H,3-4,8-9,12-14H2,(H,29,32)/t16?,20?,22-,24+/m1/s1. The van der Waals surface area contributed by atoms with Gasteiger partial charge in [-0.15, -0.1) is 0 Å². The number of aliphatic hydroxyl groups is 1. The third kappa shape index (κ3) is 4.90. The number of fused-ring (bicyclic) bond motifs is 1. The number of carbonyl (C=O) groups excluding carboxylic acids is 2. The minimum atomic E-state index is -0.792. The van der Waals surface area contributed by atoms with E-state index in [0.717, 1.165) is 43.8 Å². The quantitative estimate of drug-likeness (QED) is 0.645. The number of carbonyl (C=O) groups is 2. The number of aliphatic hydroxyl groups excluding tert-OH is 1. The number of nitrogens with one attached hydrogen (secondary N) is 1. The first-order chi connectivity index (χ1) is 16.4. The average Bonchev–Trinajstić information content (AvgIpc) is 2.80. The van der Waals surface area contributed by atoms with E-state index in [9.17, 15) is 14.7 Å². The van der Waals surface area contributed by atoms with E-state index in [2.05, 4.69) is 5.32 Å². The minimum Gasteiger partial charge on any atom is -0.480 e. The second-order valence-corrected chi connectivity index (χ2v) is 10.5. The number of hydrogen-bond acceptors (Lipinski definition) is 4. The molecule has 2 atom stereocenters. The predicted octanol–water partition coefficient (Wildman–Crippen LogP) is 4.48. The van der Waals surface area contributed by atoms with Gasteiger partial charge in [-0.3, -0.25) is 9.59 Å². The maximum absolute atomic E-state index is 12.9. The van der Waals surface area contributed by atoms with Crippen LogP contribution in [0.2, 0.25) is 10.0 Å². The SMILES string of the molecule is O=C(NC1CCC(C(=O)N2CC(c3ccc(Cl)cc3)C2)CC1)[C@@H]1C[C@@H](O)c2cc(Cl)ccc2O1. The number of ether oxygens (including phenoxy) is 1. The van der Waals surface area contributed by atoms with Gasteiger partial charge in [0, 0.05) is 53.0 Å². The Hall–Kier alpha value is -2.28. The number of benzene rings is 2. The van der Waals surface area contributed by atoms with Crippen LogP contribution in [0.15, 0.2) is 42.5 Å². The molecule has 0 bridgehead atoms. The van der Waals surface area contributed by atoms with Gasteiger partial charge in [-0.25, -0.2) is 0 Å². The van der Waals surface area contributed by atoms with Gasteiger partial charge >= 0.3 is 0 Å². The van der Waals surface area contributed by atoms with Crippen LogP contribution in [0.4, 0.5) is 0 Å². The van der Waals surface area contributed by atoms with Crippen LogP contribution >= 0.6 is 23.2 Å². The van der Waals surface area contributed by atoms with E-state index < -0.39 is 12.2 Å². The fraction of sp³-hybridized carbons (Fsp3) is 0.462. The van der Waals surface area contributed by atoms with Gasteiger partial charge in [-0.2, -0.15) is 0 Å². The highest BCUT2D eigenvalue weighted by Gasteiger charge is 2.38. The van der Waals surface area contributed by atoms with Gasteiger partial charge in [0.05, 0.1) is 6.10 Å². The van der Waals surface area contributed by atoms with Crippen LogP contribution in [0, 0.1) is 5.92 Å². The Morgan fingerprint density at radius 1 is 0.971 bits per heavy atom. The second kappa shape index (κ2) is 9.76. The fourth-order valence-corrected chi connectivity index (χ4v) is 5.53. The number of halogens is 2. The summed E-state index contributed by atoms with van der Waals surface area (Å²) in [5.74, 6) is 0.892. The fourth-order valence-electron chi connectivity index (χ4n) is 5.22. The van der Waals surface area contributed by atoms with E-state index in [1.807, 2.05) is 29.2 Å². The Labute approximate surface area is 209 Å². The molecule has 1 aliphatic carbocycles. The lowest BCUT2D eigenvalue weighted by atomic mass is 9.83. The molecule has 2 heterocycles. The van der Waals surface area contributed by atoms with Crippen LogP contribution in [-0.4, -0.2) is 47.1 Å². The van der Waals surface area contributed by atoms with Crippen LogP contribution in [0.5, 0.6) is 5.75 Å². The average molecular weight is 503 g/mol. The van der Waals surface area contributed by atoms with E-state index in [4.69, 9.17) is 27.9 Å². The molecule has 6 nitrogen and oxygen atoms in total. The second-order valence-electron chi connectivity index (χ2n) is 9.59. The van der Waals surface area contributed by atoms with Gasteiger partial charge in [0.15, 0.2) is 6.10 Å². The van der Waals surface area contributed by atoms with Crippen molar-refractivity contribution in [1.82, 2.24) is 10.2 Å². The van der Waals surface area contributed by atoms with Crippen molar-refractivity contribution >= 4 is 35.0 Å². The molecule has 180 valence electrons. The van der Waals surface area contributed by atoms with Crippen molar-refractivity contribution in [2.24, 2.45) is 5.92 Å². The van der Waals surface area contributed by atoms with E-state index in [1.54, 1.807) is 18.2 Å². The van der Waals surface area contributed by atoms with E-state index >= 15 is 0 Å². The number of hydrogen-bond donors (Lipinski definition) is 2. The molecular formula is C26H28Cl2N2O4. The lowest BCUT2D eigenvalue weighted by Gasteiger charge is -2.42. The Morgan fingerprint density at radius 2 is 1.65 bits per heavy atom. The number of amides is 2. The zero-order chi connectivity index (χ0) is 23.8. The first kappa shape index (κ1) is 23.5. The van der Waals surface area contributed by atoms with Crippen molar-refractivity contribution in [3.8, 4) is 5.75 Å². The highest BCUT2D eigenvalue weighted by Crippen LogP contribution is 2.37. The zero-order valence-corrected chi connectivity index (χ0v) is 20.3. The molecule has 2 amide bonds. The van der Waals surface area contributed by atoms with E-state index in [-0.39, 0.29) is 30.2 Å². The summed E-state index contributed by atoms with van der Waals surface area (Å²) in [6.07, 6.45) is 1.71. The summed E-state index contributed by atoms with van der Waals surface area (Å²) in [6, 6.07) is 12.9. The Kier molecular flexibility index (Phi) is 6.74. The van der Waals surface area contributed by atoms with Crippen LogP contribution in [-0.2, 0) is 9.59 Å². The normalized spacial score (nSPS) is 26.7. The third-order valence-electron chi connectivity index (χ3n) is 7.29. The van der Waals surface area contributed by atoms with Gasteiger partial charge in [-0.1, -0.05) is 35.3 Å². The molecule has 2 fully saturated rings. The van der Waals surface area contributed by atoms with Crippen molar-refractivity contribution < 1.29 is 19.4 Å².